The van der Waals surface area contributed by atoms with Gasteiger partial charge in [0, 0.05) is 5.56 Å². The molecular weight excluding hydrogens is 230 g/mol. The molecule has 2 rings (SSSR count). The molecular formula is C13H13N3O2. The maximum absolute atomic E-state index is 11.5. The van der Waals surface area contributed by atoms with Crippen LogP contribution in [0.5, 0.6) is 0 Å². The summed E-state index contributed by atoms with van der Waals surface area (Å²) in [7, 11) is 1.30. The zero-order chi connectivity index (χ0) is 13.1. The highest BCUT2D eigenvalue weighted by molar-refractivity contribution is 5.95. The second-order valence-corrected chi connectivity index (χ2v) is 3.75. The van der Waals surface area contributed by atoms with Gasteiger partial charge in [-0.15, -0.1) is 0 Å². The normalized spacial score (nSPS) is 10.1. The van der Waals surface area contributed by atoms with Gasteiger partial charge in [-0.05, 0) is 6.92 Å². The Bertz CT molecular complexity index is 559. The molecule has 1 aromatic heterocycles. The van der Waals surface area contributed by atoms with Crippen molar-refractivity contribution in [1.29, 1.82) is 0 Å². The molecule has 1 aromatic carbocycles. The highest BCUT2D eigenvalue weighted by Crippen LogP contribution is 2.20. The predicted octanol–water partition coefficient (Wildman–Crippen LogP) is 1.82. The van der Waals surface area contributed by atoms with E-state index in [2.05, 4.69) is 14.7 Å². The van der Waals surface area contributed by atoms with Gasteiger partial charge < -0.3 is 10.5 Å². The van der Waals surface area contributed by atoms with Crippen molar-refractivity contribution in [2.24, 2.45) is 0 Å². The first-order chi connectivity index (χ1) is 8.63. The Balaban J connectivity index is 2.53. The largest absolute Gasteiger partial charge is 0.465 e. The van der Waals surface area contributed by atoms with Crippen molar-refractivity contribution in [1.82, 2.24) is 9.97 Å². The molecule has 0 unspecified atom stereocenters. The van der Waals surface area contributed by atoms with Gasteiger partial charge in [-0.3, -0.25) is 0 Å². The number of esters is 1. The van der Waals surface area contributed by atoms with Gasteiger partial charge in [0.2, 0.25) is 0 Å². The van der Waals surface area contributed by atoms with Crippen molar-refractivity contribution < 1.29 is 9.53 Å². The fraction of sp³-hybridized carbons (Fsp3) is 0.154. The molecule has 1 heterocycles. The third-order valence-electron chi connectivity index (χ3n) is 2.54. The lowest BCUT2D eigenvalue weighted by molar-refractivity contribution is 0.0600. The van der Waals surface area contributed by atoms with E-state index in [1.165, 1.54) is 7.11 Å². The molecule has 5 nitrogen and oxygen atoms in total. The van der Waals surface area contributed by atoms with Gasteiger partial charge in [0.15, 0.2) is 5.82 Å². The number of benzene rings is 1. The highest BCUT2D eigenvalue weighted by atomic mass is 16.5. The van der Waals surface area contributed by atoms with Gasteiger partial charge in [-0.2, -0.15) is 0 Å². The summed E-state index contributed by atoms with van der Waals surface area (Å²) in [6.45, 7) is 1.71. The Hall–Kier alpha value is -2.43. The molecule has 0 fully saturated rings. The number of carbonyl (C=O) groups excluding carboxylic acids is 1. The van der Waals surface area contributed by atoms with E-state index in [0.717, 1.165) is 5.56 Å². The fourth-order valence-electron chi connectivity index (χ4n) is 1.67. The summed E-state index contributed by atoms with van der Waals surface area (Å²) >= 11 is 0. The van der Waals surface area contributed by atoms with E-state index in [1.807, 2.05) is 30.3 Å². The Labute approximate surface area is 105 Å². The zero-order valence-electron chi connectivity index (χ0n) is 10.2. The number of aryl methyl sites for hydroxylation is 1. The van der Waals surface area contributed by atoms with Crippen LogP contribution in [0.15, 0.2) is 30.3 Å². The van der Waals surface area contributed by atoms with Crippen molar-refractivity contribution in [3.8, 4) is 11.4 Å². The molecule has 2 N–H and O–H groups in total. The number of aromatic nitrogens is 2. The van der Waals surface area contributed by atoms with Crippen molar-refractivity contribution in [3.63, 3.8) is 0 Å². The fourth-order valence-corrected chi connectivity index (χ4v) is 1.67. The predicted molar refractivity (Wildman–Crippen MR) is 68.0 cm³/mol. The van der Waals surface area contributed by atoms with Crippen LogP contribution in [0.1, 0.15) is 16.1 Å². The molecule has 0 aliphatic rings. The van der Waals surface area contributed by atoms with Crippen LogP contribution >= 0.6 is 0 Å². The number of anilines is 1. The van der Waals surface area contributed by atoms with Crippen LogP contribution in [-0.4, -0.2) is 23.0 Å². The molecule has 0 saturated carbocycles. The molecule has 0 aliphatic carbocycles. The van der Waals surface area contributed by atoms with Crippen molar-refractivity contribution >= 4 is 11.8 Å². The molecule has 0 spiro atoms. The summed E-state index contributed by atoms with van der Waals surface area (Å²) < 4.78 is 4.64. The SMILES string of the molecule is COC(=O)c1c(C)nc(-c2ccccc2)nc1N. The minimum atomic E-state index is -0.524. The van der Waals surface area contributed by atoms with Crippen LogP contribution in [-0.2, 0) is 4.74 Å². The number of nitrogens with two attached hydrogens (primary N) is 1. The van der Waals surface area contributed by atoms with Crippen LogP contribution in [0, 0.1) is 6.92 Å². The first-order valence-electron chi connectivity index (χ1n) is 5.41. The monoisotopic (exact) mass is 243 g/mol. The summed E-state index contributed by atoms with van der Waals surface area (Å²) in [5.41, 5.74) is 7.36. The summed E-state index contributed by atoms with van der Waals surface area (Å²) in [6.07, 6.45) is 0. The van der Waals surface area contributed by atoms with E-state index in [1.54, 1.807) is 6.92 Å². The van der Waals surface area contributed by atoms with E-state index < -0.39 is 5.97 Å². The topological polar surface area (TPSA) is 78.1 Å². The van der Waals surface area contributed by atoms with Crippen LogP contribution in [0.3, 0.4) is 0 Å². The van der Waals surface area contributed by atoms with E-state index >= 15 is 0 Å². The Morgan fingerprint density at radius 3 is 2.44 bits per heavy atom. The maximum Gasteiger partial charge on any atom is 0.343 e. The Morgan fingerprint density at radius 2 is 1.89 bits per heavy atom. The first-order valence-corrected chi connectivity index (χ1v) is 5.41. The van der Waals surface area contributed by atoms with Crippen LogP contribution < -0.4 is 5.73 Å². The van der Waals surface area contributed by atoms with Crippen molar-refractivity contribution in [2.75, 3.05) is 12.8 Å². The van der Waals surface area contributed by atoms with Gasteiger partial charge in [0.25, 0.3) is 0 Å². The average Bonchev–Trinajstić information content (AvgIpc) is 2.38. The highest BCUT2D eigenvalue weighted by Gasteiger charge is 2.17. The van der Waals surface area contributed by atoms with Crippen LogP contribution in [0.4, 0.5) is 5.82 Å². The van der Waals surface area contributed by atoms with E-state index in [-0.39, 0.29) is 11.4 Å². The quantitative estimate of drug-likeness (QED) is 0.814. The molecule has 5 heteroatoms. The summed E-state index contributed by atoms with van der Waals surface area (Å²) in [5, 5.41) is 0. The maximum atomic E-state index is 11.5. The molecule has 18 heavy (non-hydrogen) atoms. The van der Waals surface area contributed by atoms with E-state index in [0.29, 0.717) is 11.5 Å². The number of methoxy groups -OCH3 is 1. The smallest absolute Gasteiger partial charge is 0.343 e. The number of nitrogen functional groups attached to an aromatic ring is 1. The van der Waals surface area contributed by atoms with E-state index in [4.69, 9.17) is 5.73 Å². The molecule has 0 aliphatic heterocycles. The van der Waals surface area contributed by atoms with Gasteiger partial charge >= 0.3 is 5.97 Å². The molecule has 0 atom stereocenters. The first kappa shape index (κ1) is 12.0. The minimum absolute atomic E-state index is 0.133. The number of hydrogen-bond donors (Lipinski definition) is 1. The Kier molecular flexibility index (Phi) is 3.23. The minimum Gasteiger partial charge on any atom is -0.465 e. The summed E-state index contributed by atoms with van der Waals surface area (Å²) in [5.74, 6) is 0.107. The molecule has 0 amide bonds. The van der Waals surface area contributed by atoms with Crippen LogP contribution in [0.25, 0.3) is 11.4 Å². The van der Waals surface area contributed by atoms with Crippen LogP contribution in [0.2, 0.25) is 0 Å². The molecule has 2 aromatic rings. The number of carbonyl (C=O) groups is 1. The molecule has 0 bridgehead atoms. The number of rotatable bonds is 2. The number of hydrogen-bond acceptors (Lipinski definition) is 5. The average molecular weight is 243 g/mol. The molecule has 0 saturated heterocycles. The van der Waals surface area contributed by atoms with Gasteiger partial charge in [-0.1, -0.05) is 30.3 Å². The molecule has 92 valence electrons. The van der Waals surface area contributed by atoms with Gasteiger partial charge in [-0.25, -0.2) is 14.8 Å². The lowest BCUT2D eigenvalue weighted by atomic mass is 10.1. The van der Waals surface area contributed by atoms with Crippen molar-refractivity contribution in [3.05, 3.63) is 41.6 Å². The number of ether oxygens (including phenoxy) is 1. The Morgan fingerprint density at radius 1 is 1.22 bits per heavy atom. The van der Waals surface area contributed by atoms with Crippen molar-refractivity contribution in [2.45, 2.75) is 6.92 Å². The zero-order valence-corrected chi connectivity index (χ0v) is 10.2. The summed E-state index contributed by atoms with van der Waals surface area (Å²) in [4.78, 5) is 19.9. The second-order valence-electron chi connectivity index (χ2n) is 3.75. The van der Waals surface area contributed by atoms with Gasteiger partial charge in [0.1, 0.15) is 11.4 Å². The third kappa shape index (κ3) is 2.15. The summed E-state index contributed by atoms with van der Waals surface area (Å²) in [6, 6.07) is 9.44. The van der Waals surface area contributed by atoms with E-state index in [9.17, 15) is 4.79 Å². The van der Waals surface area contributed by atoms with Gasteiger partial charge in [0.05, 0.1) is 12.8 Å². The lowest BCUT2D eigenvalue weighted by Crippen LogP contribution is -2.12. The standard InChI is InChI=1S/C13H13N3O2/c1-8-10(13(17)18-2)11(14)16-12(15-8)9-6-4-3-5-7-9/h3-7H,1-2H3,(H2,14,15,16). The molecule has 0 radical (unpaired) electrons. The number of nitrogens with zero attached hydrogens (tertiary/aromatic N) is 2. The third-order valence-corrected chi connectivity index (χ3v) is 2.54. The lowest BCUT2D eigenvalue weighted by Gasteiger charge is -2.08. The second kappa shape index (κ2) is 4.83.